The molecule has 2 saturated heterocycles. The van der Waals surface area contributed by atoms with Gasteiger partial charge in [-0.05, 0) is 31.0 Å². The zero-order valence-electron chi connectivity index (χ0n) is 12.7. The third-order valence-corrected chi connectivity index (χ3v) is 4.21. The number of hydrogen-bond acceptors (Lipinski definition) is 4. The lowest BCUT2D eigenvalue weighted by Gasteiger charge is -2.33. The minimum atomic E-state index is -0.357. The maximum atomic E-state index is 12.0. The van der Waals surface area contributed by atoms with Gasteiger partial charge >= 0.3 is 0 Å². The van der Waals surface area contributed by atoms with Crippen molar-refractivity contribution in [3.63, 3.8) is 0 Å². The Bertz CT molecular complexity index is 589. The summed E-state index contributed by atoms with van der Waals surface area (Å²) in [6.45, 7) is 1.36. The van der Waals surface area contributed by atoms with Crippen molar-refractivity contribution in [1.29, 1.82) is 0 Å². The number of anilines is 1. The third-order valence-electron chi connectivity index (χ3n) is 3.98. The van der Waals surface area contributed by atoms with E-state index in [1.54, 1.807) is 23.1 Å². The zero-order chi connectivity index (χ0) is 16.2. The number of nitrogens with one attached hydrogen (secondary N) is 1. The summed E-state index contributed by atoms with van der Waals surface area (Å²) in [5.74, 6) is -0.230. The van der Waals surface area contributed by atoms with E-state index in [0.29, 0.717) is 24.7 Å². The molecule has 0 aliphatic carbocycles. The first kappa shape index (κ1) is 16.2. The Hall–Kier alpha value is -1.63. The number of morpholine rings is 1. The van der Waals surface area contributed by atoms with E-state index in [0.717, 1.165) is 18.5 Å². The first-order chi connectivity index (χ1) is 11.1. The minimum Gasteiger partial charge on any atom is -0.368 e. The maximum Gasteiger partial charge on any atom is 0.253 e. The average Bonchev–Trinajstić information content (AvgIpc) is 3.08. The SMILES string of the molecule is O=C(NCC1CN(c2cccc(Cl)c2)C(=O)CO1)C1CCCO1. The Morgan fingerprint density at radius 3 is 3.00 bits per heavy atom. The molecule has 124 valence electrons. The molecule has 2 heterocycles. The molecule has 3 rings (SSSR count). The number of rotatable bonds is 4. The fourth-order valence-electron chi connectivity index (χ4n) is 2.75. The summed E-state index contributed by atoms with van der Waals surface area (Å²) in [7, 11) is 0. The number of ether oxygens (including phenoxy) is 2. The second kappa shape index (κ2) is 7.29. The molecule has 0 radical (unpaired) electrons. The fourth-order valence-corrected chi connectivity index (χ4v) is 2.94. The summed E-state index contributed by atoms with van der Waals surface area (Å²) in [5, 5.41) is 3.41. The third kappa shape index (κ3) is 4.02. The van der Waals surface area contributed by atoms with Crippen molar-refractivity contribution in [3.8, 4) is 0 Å². The van der Waals surface area contributed by atoms with E-state index in [-0.39, 0.29) is 30.6 Å². The second-order valence-corrected chi connectivity index (χ2v) is 6.10. The molecule has 1 aromatic carbocycles. The monoisotopic (exact) mass is 338 g/mol. The Kier molecular flexibility index (Phi) is 5.15. The van der Waals surface area contributed by atoms with Crippen molar-refractivity contribution in [2.45, 2.75) is 25.0 Å². The van der Waals surface area contributed by atoms with Gasteiger partial charge in [0.25, 0.3) is 5.91 Å². The smallest absolute Gasteiger partial charge is 0.253 e. The standard InChI is InChI=1S/C16H19ClN2O4/c17-11-3-1-4-12(7-11)19-9-13(23-10-15(19)20)8-18-16(21)14-5-2-6-22-14/h1,3-4,7,13-14H,2,5-6,8-10H2,(H,18,21). The highest BCUT2D eigenvalue weighted by atomic mass is 35.5. The number of nitrogens with zero attached hydrogens (tertiary/aromatic N) is 1. The van der Waals surface area contributed by atoms with Crippen LogP contribution in [0.15, 0.2) is 24.3 Å². The molecule has 2 aliphatic rings. The molecule has 0 aromatic heterocycles. The lowest BCUT2D eigenvalue weighted by Crippen LogP contribution is -2.51. The van der Waals surface area contributed by atoms with Crippen LogP contribution in [0.1, 0.15) is 12.8 Å². The van der Waals surface area contributed by atoms with Crippen molar-refractivity contribution in [1.82, 2.24) is 5.32 Å². The van der Waals surface area contributed by atoms with Crippen LogP contribution in [-0.4, -0.2) is 50.3 Å². The highest BCUT2D eigenvalue weighted by Gasteiger charge is 2.29. The van der Waals surface area contributed by atoms with Gasteiger partial charge in [0.1, 0.15) is 12.7 Å². The molecule has 0 spiro atoms. The summed E-state index contributed by atoms with van der Waals surface area (Å²) in [6, 6.07) is 7.13. The van der Waals surface area contributed by atoms with E-state index < -0.39 is 0 Å². The van der Waals surface area contributed by atoms with Crippen LogP contribution in [0.3, 0.4) is 0 Å². The van der Waals surface area contributed by atoms with Crippen molar-refractivity contribution in [3.05, 3.63) is 29.3 Å². The molecule has 2 unspecified atom stereocenters. The first-order valence-electron chi connectivity index (χ1n) is 7.70. The summed E-state index contributed by atoms with van der Waals surface area (Å²) in [4.78, 5) is 25.6. The van der Waals surface area contributed by atoms with Gasteiger partial charge in [-0.15, -0.1) is 0 Å². The molecular weight excluding hydrogens is 320 g/mol. The van der Waals surface area contributed by atoms with Gasteiger partial charge in [-0.1, -0.05) is 17.7 Å². The molecule has 2 aliphatic heterocycles. The summed E-state index contributed by atoms with van der Waals surface area (Å²) >= 11 is 5.98. The molecule has 2 atom stereocenters. The molecule has 1 N–H and O–H groups in total. The topological polar surface area (TPSA) is 67.9 Å². The number of amides is 2. The molecule has 2 amide bonds. The van der Waals surface area contributed by atoms with E-state index >= 15 is 0 Å². The van der Waals surface area contributed by atoms with Gasteiger partial charge < -0.3 is 19.7 Å². The van der Waals surface area contributed by atoms with Gasteiger partial charge in [0, 0.05) is 23.9 Å². The lowest BCUT2D eigenvalue weighted by molar-refractivity contribution is -0.132. The number of benzene rings is 1. The van der Waals surface area contributed by atoms with E-state index in [9.17, 15) is 9.59 Å². The van der Waals surface area contributed by atoms with Gasteiger partial charge in [0.2, 0.25) is 5.91 Å². The number of hydrogen-bond donors (Lipinski definition) is 1. The highest BCUT2D eigenvalue weighted by Crippen LogP contribution is 2.22. The predicted molar refractivity (Wildman–Crippen MR) is 85.5 cm³/mol. The predicted octanol–water partition coefficient (Wildman–Crippen LogP) is 1.37. The number of carbonyl (C=O) groups excluding carboxylic acids is 2. The van der Waals surface area contributed by atoms with Gasteiger partial charge in [-0.25, -0.2) is 0 Å². The Labute approximate surface area is 139 Å². The fraction of sp³-hybridized carbons (Fsp3) is 0.500. The molecule has 2 fully saturated rings. The van der Waals surface area contributed by atoms with Crippen molar-refractivity contribution < 1.29 is 19.1 Å². The molecular formula is C16H19ClN2O4. The van der Waals surface area contributed by atoms with Crippen LogP contribution >= 0.6 is 11.6 Å². The quantitative estimate of drug-likeness (QED) is 0.900. The van der Waals surface area contributed by atoms with E-state index in [4.69, 9.17) is 21.1 Å². The Balaban J connectivity index is 1.57. The average molecular weight is 339 g/mol. The number of carbonyl (C=O) groups is 2. The van der Waals surface area contributed by atoms with Crippen molar-refractivity contribution >= 4 is 29.1 Å². The lowest BCUT2D eigenvalue weighted by atomic mass is 10.2. The van der Waals surface area contributed by atoms with Gasteiger partial charge in [0.05, 0.1) is 12.6 Å². The van der Waals surface area contributed by atoms with Gasteiger partial charge in [0.15, 0.2) is 0 Å². The second-order valence-electron chi connectivity index (χ2n) is 5.66. The molecule has 1 aromatic rings. The maximum absolute atomic E-state index is 12.0. The van der Waals surface area contributed by atoms with Gasteiger partial charge in [-0.3, -0.25) is 9.59 Å². The first-order valence-corrected chi connectivity index (χ1v) is 8.08. The molecule has 7 heteroatoms. The molecule has 23 heavy (non-hydrogen) atoms. The van der Waals surface area contributed by atoms with Gasteiger partial charge in [-0.2, -0.15) is 0 Å². The molecule has 0 saturated carbocycles. The van der Waals surface area contributed by atoms with Crippen LogP contribution < -0.4 is 10.2 Å². The molecule has 0 bridgehead atoms. The minimum absolute atomic E-state index is 0.00697. The highest BCUT2D eigenvalue weighted by molar-refractivity contribution is 6.30. The van der Waals surface area contributed by atoms with Crippen LogP contribution in [0.5, 0.6) is 0 Å². The Morgan fingerprint density at radius 2 is 2.26 bits per heavy atom. The van der Waals surface area contributed by atoms with Crippen LogP contribution in [0.25, 0.3) is 0 Å². The largest absolute Gasteiger partial charge is 0.368 e. The van der Waals surface area contributed by atoms with Crippen molar-refractivity contribution in [2.24, 2.45) is 0 Å². The van der Waals surface area contributed by atoms with Crippen molar-refractivity contribution in [2.75, 3.05) is 31.2 Å². The molecule has 6 nitrogen and oxygen atoms in total. The van der Waals surface area contributed by atoms with E-state index in [2.05, 4.69) is 5.32 Å². The van der Waals surface area contributed by atoms with E-state index in [1.807, 2.05) is 6.07 Å². The Morgan fingerprint density at radius 1 is 1.39 bits per heavy atom. The summed E-state index contributed by atoms with van der Waals surface area (Å²) < 4.78 is 10.8. The van der Waals surface area contributed by atoms with Crippen LogP contribution in [0.2, 0.25) is 5.02 Å². The zero-order valence-corrected chi connectivity index (χ0v) is 13.4. The van der Waals surface area contributed by atoms with Crippen LogP contribution in [0, 0.1) is 0 Å². The number of halogens is 1. The summed E-state index contributed by atoms with van der Waals surface area (Å²) in [6.07, 6.45) is 1.06. The summed E-state index contributed by atoms with van der Waals surface area (Å²) in [5.41, 5.74) is 0.737. The normalized spacial score (nSPS) is 24.7. The van der Waals surface area contributed by atoms with E-state index in [1.165, 1.54) is 0 Å². The van der Waals surface area contributed by atoms with Crippen LogP contribution in [0.4, 0.5) is 5.69 Å². The van der Waals surface area contributed by atoms with Crippen LogP contribution in [-0.2, 0) is 19.1 Å².